The van der Waals surface area contributed by atoms with Crippen LogP contribution in [0.5, 0.6) is 0 Å². The van der Waals surface area contributed by atoms with E-state index in [4.69, 9.17) is 34.8 Å². The molecule has 0 bridgehead atoms. The number of nitrogens with zero attached hydrogens (tertiary/aromatic N) is 2. The fourth-order valence-electron chi connectivity index (χ4n) is 1.43. The van der Waals surface area contributed by atoms with Crippen molar-refractivity contribution in [1.82, 2.24) is 9.55 Å². The third kappa shape index (κ3) is 2.71. The highest BCUT2D eigenvalue weighted by Gasteiger charge is 2.08. The van der Waals surface area contributed by atoms with Crippen molar-refractivity contribution >= 4 is 40.5 Å². The molecule has 0 saturated heterocycles. The molecular formula is C11H9Cl3FN3. The van der Waals surface area contributed by atoms with Gasteiger partial charge in [-0.2, -0.15) is 0 Å². The van der Waals surface area contributed by atoms with Crippen molar-refractivity contribution in [3.8, 4) is 0 Å². The van der Waals surface area contributed by atoms with Gasteiger partial charge in [0.25, 0.3) is 0 Å². The minimum atomic E-state index is -0.621. The van der Waals surface area contributed by atoms with E-state index in [0.29, 0.717) is 17.4 Å². The Morgan fingerprint density at radius 1 is 1.28 bits per heavy atom. The molecule has 18 heavy (non-hydrogen) atoms. The van der Waals surface area contributed by atoms with Crippen LogP contribution in [0.1, 0.15) is 5.82 Å². The van der Waals surface area contributed by atoms with E-state index in [1.807, 2.05) is 0 Å². The van der Waals surface area contributed by atoms with Gasteiger partial charge in [0.15, 0.2) is 5.82 Å². The van der Waals surface area contributed by atoms with E-state index in [1.54, 1.807) is 17.8 Å². The Morgan fingerprint density at radius 2 is 1.89 bits per heavy atom. The van der Waals surface area contributed by atoms with Crippen molar-refractivity contribution < 1.29 is 4.39 Å². The summed E-state index contributed by atoms with van der Waals surface area (Å²) in [4.78, 5) is 4.12. The Morgan fingerprint density at radius 3 is 2.39 bits per heavy atom. The van der Waals surface area contributed by atoms with E-state index in [-0.39, 0.29) is 10.0 Å². The van der Waals surface area contributed by atoms with E-state index in [1.165, 1.54) is 12.1 Å². The SMILES string of the molecule is Cn1c(Cl)cnc1CNc1cc(Cl)c(F)c(Cl)c1. The third-order valence-electron chi connectivity index (χ3n) is 2.46. The predicted octanol–water partition coefficient (Wildman–Crippen LogP) is 4.13. The lowest BCUT2D eigenvalue weighted by molar-refractivity contribution is 0.629. The molecule has 2 rings (SSSR count). The molecule has 0 saturated carbocycles. The second-order valence-corrected chi connectivity index (χ2v) is 4.87. The van der Waals surface area contributed by atoms with E-state index >= 15 is 0 Å². The number of aromatic nitrogens is 2. The molecule has 1 aromatic heterocycles. The lowest BCUT2D eigenvalue weighted by Crippen LogP contribution is -2.06. The molecular weight excluding hydrogens is 299 g/mol. The van der Waals surface area contributed by atoms with Crippen LogP contribution < -0.4 is 5.32 Å². The van der Waals surface area contributed by atoms with Gasteiger partial charge in [-0.05, 0) is 12.1 Å². The molecule has 0 atom stereocenters. The topological polar surface area (TPSA) is 29.9 Å². The van der Waals surface area contributed by atoms with Gasteiger partial charge in [-0.25, -0.2) is 9.37 Å². The molecule has 0 spiro atoms. The number of hydrogen-bond acceptors (Lipinski definition) is 2. The first-order chi connectivity index (χ1) is 8.49. The van der Waals surface area contributed by atoms with E-state index in [2.05, 4.69) is 10.3 Å². The van der Waals surface area contributed by atoms with E-state index in [9.17, 15) is 4.39 Å². The summed E-state index contributed by atoms with van der Waals surface area (Å²) in [5.41, 5.74) is 0.616. The van der Waals surface area contributed by atoms with Gasteiger partial charge in [-0.3, -0.25) is 0 Å². The Labute approximate surface area is 118 Å². The van der Waals surface area contributed by atoms with Crippen LogP contribution >= 0.6 is 34.8 Å². The number of benzene rings is 1. The van der Waals surface area contributed by atoms with Gasteiger partial charge in [-0.1, -0.05) is 34.8 Å². The lowest BCUT2D eigenvalue weighted by atomic mass is 10.3. The first kappa shape index (κ1) is 13.5. The average molecular weight is 309 g/mol. The third-order valence-corrected chi connectivity index (χ3v) is 3.36. The molecule has 96 valence electrons. The largest absolute Gasteiger partial charge is 0.378 e. The van der Waals surface area contributed by atoms with Gasteiger partial charge in [0.05, 0.1) is 22.8 Å². The minimum absolute atomic E-state index is 0.0251. The Bertz CT molecular complexity index is 560. The van der Waals surface area contributed by atoms with Crippen molar-refractivity contribution in [3.63, 3.8) is 0 Å². The zero-order chi connectivity index (χ0) is 13.3. The summed E-state index contributed by atoms with van der Waals surface area (Å²) in [6.45, 7) is 0.432. The second kappa shape index (κ2) is 5.34. The average Bonchev–Trinajstić information content (AvgIpc) is 2.64. The van der Waals surface area contributed by atoms with Gasteiger partial charge in [0, 0.05) is 12.7 Å². The molecule has 0 aliphatic rings. The molecule has 2 aromatic rings. The van der Waals surface area contributed by atoms with Crippen LogP contribution in [0.2, 0.25) is 15.2 Å². The number of imidazole rings is 1. The smallest absolute Gasteiger partial charge is 0.160 e. The first-order valence-electron chi connectivity index (χ1n) is 5.03. The highest BCUT2D eigenvalue weighted by Crippen LogP contribution is 2.27. The van der Waals surface area contributed by atoms with Gasteiger partial charge in [0.2, 0.25) is 0 Å². The lowest BCUT2D eigenvalue weighted by Gasteiger charge is -2.08. The quantitative estimate of drug-likeness (QED) is 0.864. The molecule has 1 aromatic carbocycles. The van der Waals surface area contributed by atoms with Crippen LogP contribution in [0.3, 0.4) is 0 Å². The first-order valence-corrected chi connectivity index (χ1v) is 6.17. The molecule has 0 radical (unpaired) electrons. The summed E-state index contributed by atoms with van der Waals surface area (Å²) in [6, 6.07) is 2.93. The standard InChI is InChI=1S/C11H9Cl3FN3/c1-18-9(14)4-17-10(18)5-16-6-2-7(12)11(15)8(13)3-6/h2-4,16H,5H2,1H3. The summed E-state index contributed by atoms with van der Waals surface area (Å²) in [6.07, 6.45) is 1.56. The van der Waals surface area contributed by atoms with Gasteiger partial charge in [0.1, 0.15) is 11.0 Å². The van der Waals surface area contributed by atoms with E-state index in [0.717, 1.165) is 5.82 Å². The van der Waals surface area contributed by atoms with Crippen LogP contribution in [-0.4, -0.2) is 9.55 Å². The maximum absolute atomic E-state index is 13.2. The maximum Gasteiger partial charge on any atom is 0.160 e. The predicted molar refractivity (Wildman–Crippen MR) is 72.0 cm³/mol. The van der Waals surface area contributed by atoms with Crippen molar-refractivity contribution in [3.05, 3.63) is 45.2 Å². The number of hydrogen-bond donors (Lipinski definition) is 1. The minimum Gasteiger partial charge on any atom is -0.378 e. The number of anilines is 1. The van der Waals surface area contributed by atoms with Crippen molar-refractivity contribution in [1.29, 1.82) is 0 Å². The molecule has 0 aliphatic heterocycles. The van der Waals surface area contributed by atoms with Crippen LogP contribution in [-0.2, 0) is 13.6 Å². The summed E-state index contributed by atoms with van der Waals surface area (Å²) in [5.74, 6) is 0.125. The highest BCUT2D eigenvalue weighted by atomic mass is 35.5. The summed E-state index contributed by atoms with van der Waals surface area (Å²) >= 11 is 17.3. The molecule has 0 amide bonds. The van der Waals surface area contributed by atoms with Crippen molar-refractivity contribution in [2.45, 2.75) is 6.54 Å². The molecule has 3 nitrogen and oxygen atoms in total. The second-order valence-electron chi connectivity index (χ2n) is 3.66. The highest BCUT2D eigenvalue weighted by molar-refractivity contribution is 6.35. The zero-order valence-electron chi connectivity index (χ0n) is 9.35. The Balaban J connectivity index is 2.13. The summed E-state index contributed by atoms with van der Waals surface area (Å²) in [7, 11) is 1.80. The molecule has 0 fully saturated rings. The summed E-state index contributed by atoms with van der Waals surface area (Å²) in [5, 5.41) is 3.54. The van der Waals surface area contributed by atoms with Gasteiger partial charge >= 0.3 is 0 Å². The molecule has 1 N–H and O–H groups in total. The summed E-state index contributed by atoms with van der Waals surface area (Å²) < 4.78 is 15.0. The number of halogens is 4. The van der Waals surface area contributed by atoms with Crippen LogP contribution in [0.25, 0.3) is 0 Å². The van der Waals surface area contributed by atoms with Crippen molar-refractivity contribution in [2.24, 2.45) is 7.05 Å². The Kier molecular flexibility index (Phi) is 4.00. The fourth-order valence-corrected chi connectivity index (χ4v) is 2.06. The normalized spacial score (nSPS) is 10.7. The molecule has 0 unspecified atom stereocenters. The van der Waals surface area contributed by atoms with Crippen LogP contribution in [0, 0.1) is 5.82 Å². The number of rotatable bonds is 3. The molecule has 1 heterocycles. The molecule has 7 heteroatoms. The maximum atomic E-state index is 13.2. The molecule has 0 aliphatic carbocycles. The fraction of sp³-hybridized carbons (Fsp3) is 0.182. The zero-order valence-corrected chi connectivity index (χ0v) is 11.6. The van der Waals surface area contributed by atoms with Crippen molar-refractivity contribution in [2.75, 3.05) is 5.32 Å². The van der Waals surface area contributed by atoms with Crippen LogP contribution in [0.15, 0.2) is 18.3 Å². The Hall–Kier alpha value is -0.970. The monoisotopic (exact) mass is 307 g/mol. The van der Waals surface area contributed by atoms with E-state index < -0.39 is 5.82 Å². The van der Waals surface area contributed by atoms with Crippen LogP contribution in [0.4, 0.5) is 10.1 Å². The number of nitrogens with one attached hydrogen (secondary N) is 1. The van der Waals surface area contributed by atoms with Gasteiger partial charge in [-0.15, -0.1) is 0 Å². The van der Waals surface area contributed by atoms with Gasteiger partial charge < -0.3 is 9.88 Å².